The Labute approximate surface area is 309 Å². The molecule has 0 spiro atoms. The summed E-state index contributed by atoms with van der Waals surface area (Å²) in [6, 6.07) is 18.1. The van der Waals surface area contributed by atoms with Crippen LogP contribution in [0.15, 0.2) is 72.1 Å². The molecular formula is C42H74O3Si4. The monoisotopic (exact) mass is 738 g/mol. The van der Waals surface area contributed by atoms with Gasteiger partial charge in [0.15, 0.2) is 16.6 Å². The maximum Gasteiger partial charge on any atom is 0.221 e. The molecule has 0 aromatic heterocycles. The van der Waals surface area contributed by atoms with Gasteiger partial charge in [0.25, 0.3) is 0 Å². The van der Waals surface area contributed by atoms with E-state index in [1.54, 1.807) is 0 Å². The molecule has 0 saturated heterocycles. The van der Waals surface area contributed by atoms with Crippen LogP contribution in [-0.2, 0) is 25.8 Å². The van der Waals surface area contributed by atoms with Gasteiger partial charge in [0, 0.05) is 0 Å². The van der Waals surface area contributed by atoms with Crippen LogP contribution < -0.4 is 10.4 Å². The van der Waals surface area contributed by atoms with Crippen LogP contribution in [0.3, 0.4) is 0 Å². The normalized spacial score (nSPS) is 16.7. The van der Waals surface area contributed by atoms with Crippen molar-refractivity contribution >= 4 is 45.1 Å². The summed E-state index contributed by atoms with van der Waals surface area (Å²) in [5.74, 6) is 0. The fraction of sp³-hybridized carbons (Fsp3) is 0.619. The van der Waals surface area contributed by atoms with Crippen LogP contribution in [0.4, 0.5) is 0 Å². The van der Waals surface area contributed by atoms with Crippen molar-refractivity contribution in [2.75, 3.05) is 0 Å². The molecule has 0 radical (unpaired) electrons. The lowest BCUT2D eigenvalue weighted by Crippen LogP contribution is -2.46. The second-order valence-electron chi connectivity index (χ2n) is 19.8. The van der Waals surface area contributed by atoms with Crippen molar-refractivity contribution in [3.8, 4) is 0 Å². The van der Waals surface area contributed by atoms with Gasteiger partial charge in [-0.15, -0.1) is 0 Å². The molecule has 2 rings (SSSR count). The van der Waals surface area contributed by atoms with Crippen LogP contribution in [0.25, 0.3) is 0 Å². The number of rotatable bonds is 14. The third kappa shape index (κ3) is 14.3. The smallest absolute Gasteiger partial charge is 0.221 e. The number of benzene rings is 2. The summed E-state index contributed by atoms with van der Waals surface area (Å²) in [6.45, 7) is 41.6. The summed E-state index contributed by atoms with van der Waals surface area (Å²) in [7, 11) is -8.03. The first-order valence-electron chi connectivity index (χ1n) is 18.7. The molecule has 0 aliphatic heterocycles. The fourth-order valence-electron chi connectivity index (χ4n) is 5.57. The van der Waals surface area contributed by atoms with Gasteiger partial charge in [-0.2, -0.15) is 0 Å². The molecule has 4 unspecified atom stereocenters. The van der Waals surface area contributed by atoms with E-state index in [2.05, 4.69) is 195 Å². The van der Waals surface area contributed by atoms with Gasteiger partial charge in [-0.3, -0.25) is 0 Å². The molecule has 49 heavy (non-hydrogen) atoms. The molecule has 276 valence electrons. The topological polar surface area (TPSA) is 27.7 Å². The summed E-state index contributed by atoms with van der Waals surface area (Å²) in [4.78, 5) is 0. The van der Waals surface area contributed by atoms with Crippen LogP contribution in [0.5, 0.6) is 0 Å². The van der Waals surface area contributed by atoms with Crippen molar-refractivity contribution in [1.82, 2.24) is 0 Å². The van der Waals surface area contributed by atoms with Gasteiger partial charge in [0.2, 0.25) is 18.1 Å². The standard InChI is InChI=1S/C42H74O3Si4/c1-33(43-48(15,16)41(9,10)11)27-29-46(37-25-21-19-23-35(37)31-39(3,4)5)45-47(30-28-34(2)44-49(17,18)42(12,13)14)38-26-22-20-24-36(38)32-40(6,7)8/h19-30,33-34,46-47H,31-32H2,1-18H3. The Morgan fingerprint density at radius 2 is 0.857 bits per heavy atom. The van der Waals surface area contributed by atoms with E-state index in [1.807, 2.05) is 0 Å². The van der Waals surface area contributed by atoms with E-state index in [9.17, 15) is 0 Å². The molecule has 0 aliphatic rings. The molecule has 0 fully saturated rings. The predicted octanol–water partition coefficient (Wildman–Crippen LogP) is 10.5. The minimum atomic E-state index is -2.09. The average Bonchev–Trinajstić information content (AvgIpc) is 2.90. The molecule has 0 N–H and O–H groups in total. The molecule has 2 aromatic rings. The van der Waals surface area contributed by atoms with E-state index in [1.165, 1.54) is 21.5 Å². The Hall–Kier alpha value is -1.33. The van der Waals surface area contributed by atoms with Gasteiger partial charge in [-0.05, 0) is 95.3 Å². The maximum atomic E-state index is 7.64. The lowest BCUT2D eigenvalue weighted by Gasteiger charge is -2.38. The first-order valence-corrected chi connectivity index (χ1v) is 27.9. The summed E-state index contributed by atoms with van der Waals surface area (Å²) >= 11 is 0. The number of hydrogen-bond donors (Lipinski definition) is 0. The van der Waals surface area contributed by atoms with Crippen molar-refractivity contribution in [2.24, 2.45) is 10.8 Å². The van der Waals surface area contributed by atoms with Crippen molar-refractivity contribution in [3.63, 3.8) is 0 Å². The highest BCUT2D eigenvalue weighted by Gasteiger charge is 2.39. The molecule has 2 aromatic carbocycles. The van der Waals surface area contributed by atoms with Gasteiger partial charge in [-0.1, -0.05) is 155 Å². The molecule has 7 heteroatoms. The van der Waals surface area contributed by atoms with E-state index in [-0.39, 0.29) is 33.1 Å². The molecule has 3 nitrogen and oxygen atoms in total. The van der Waals surface area contributed by atoms with E-state index in [0.29, 0.717) is 0 Å². The molecule has 0 bridgehead atoms. The maximum absolute atomic E-state index is 7.64. The second kappa shape index (κ2) is 17.0. The van der Waals surface area contributed by atoms with Crippen LogP contribution in [-0.4, -0.2) is 46.9 Å². The Morgan fingerprint density at radius 1 is 0.551 bits per heavy atom. The zero-order valence-corrected chi connectivity index (χ0v) is 39.2. The largest absolute Gasteiger partial charge is 0.447 e. The van der Waals surface area contributed by atoms with Gasteiger partial charge in [-0.25, -0.2) is 0 Å². The van der Waals surface area contributed by atoms with Crippen LogP contribution >= 0.6 is 0 Å². The van der Waals surface area contributed by atoms with Gasteiger partial charge < -0.3 is 13.0 Å². The second-order valence-corrected chi connectivity index (χ2v) is 34.1. The van der Waals surface area contributed by atoms with Crippen molar-refractivity contribution < 1.29 is 13.0 Å². The molecule has 0 saturated carbocycles. The average molecular weight is 739 g/mol. The minimum Gasteiger partial charge on any atom is -0.447 e. The van der Waals surface area contributed by atoms with Crippen molar-refractivity contribution in [1.29, 1.82) is 0 Å². The first-order chi connectivity index (χ1) is 22.1. The van der Waals surface area contributed by atoms with Crippen molar-refractivity contribution in [3.05, 3.63) is 83.2 Å². The number of hydrogen-bond acceptors (Lipinski definition) is 3. The predicted molar refractivity (Wildman–Crippen MR) is 228 cm³/mol. The molecular weight excluding hydrogens is 665 g/mol. The van der Waals surface area contributed by atoms with Crippen LogP contribution in [0.1, 0.15) is 108 Å². The Balaban J connectivity index is 2.71. The Kier molecular flexibility index (Phi) is 15.2. The van der Waals surface area contributed by atoms with Crippen LogP contribution in [0.2, 0.25) is 36.3 Å². The molecule has 0 heterocycles. The van der Waals surface area contributed by atoms with E-state index < -0.39 is 34.7 Å². The quantitative estimate of drug-likeness (QED) is 0.181. The van der Waals surface area contributed by atoms with E-state index in [4.69, 9.17) is 13.0 Å². The van der Waals surface area contributed by atoms with Gasteiger partial charge >= 0.3 is 0 Å². The van der Waals surface area contributed by atoms with Crippen molar-refractivity contribution in [2.45, 2.75) is 158 Å². The lowest BCUT2D eigenvalue weighted by atomic mass is 9.88. The first kappa shape index (κ1) is 43.8. The van der Waals surface area contributed by atoms with E-state index in [0.717, 1.165) is 12.8 Å². The highest BCUT2D eigenvalue weighted by atomic mass is 28.4. The van der Waals surface area contributed by atoms with Gasteiger partial charge in [0.05, 0.1) is 12.2 Å². The zero-order chi connectivity index (χ0) is 37.6. The highest BCUT2D eigenvalue weighted by molar-refractivity contribution is 6.85. The van der Waals surface area contributed by atoms with E-state index >= 15 is 0 Å². The summed E-state index contributed by atoms with van der Waals surface area (Å²) in [6.07, 6.45) is 6.70. The highest BCUT2D eigenvalue weighted by Crippen LogP contribution is 2.38. The lowest BCUT2D eigenvalue weighted by molar-refractivity contribution is 0.243. The summed E-state index contributed by atoms with van der Waals surface area (Å²) < 4.78 is 21.3. The van der Waals surface area contributed by atoms with Crippen LogP contribution in [0, 0.1) is 10.8 Å². The van der Waals surface area contributed by atoms with Gasteiger partial charge in [0.1, 0.15) is 0 Å². The molecule has 0 aliphatic carbocycles. The molecule has 4 atom stereocenters. The fourth-order valence-corrected chi connectivity index (χ4v) is 14.6. The summed E-state index contributed by atoms with van der Waals surface area (Å²) in [5, 5.41) is 3.09. The minimum absolute atomic E-state index is 0.0242. The zero-order valence-electron chi connectivity index (χ0n) is 34.9. The molecule has 0 amide bonds. The Morgan fingerprint density at radius 3 is 1.14 bits per heavy atom. The third-order valence-corrected chi connectivity index (χ3v) is 25.1. The third-order valence-electron chi connectivity index (χ3n) is 10.1. The summed E-state index contributed by atoms with van der Waals surface area (Å²) in [5.41, 5.74) is 8.00. The SMILES string of the molecule is CC(C=C[SiH](O[SiH](C=CC(C)O[Si](C)(C)C(C)(C)C)c1ccccc1CC(C)(C)C)c1ccccc1CC(C)(C)C)O[Si](C)(C)C(C)(C)C. The Bertz CT molecular complexity index is 1280.